The van der Waals surface area contributed by atoms with Crippen LogP contribution in [0.25, 0.3) is 0 Å². The van der Waals surface area contributed by atoms with Crippen LogP contribution in [0.3, 0.4) is 0 Å². The highest BCUT2D eigenvalue weighted by Crippen LogP contribution is 2.11. The first kappa shape index (κ1) is 33.0. The second kappa shape index (κ2) is 20.2. The molecule has 0 heterocycles. The monoisotopic (exact) mass is 521 g/mol. The molecule has 11 heteroatoms. The minimum atomic E-state index is -4.92. The van der Waals surface area contributed by atoms with Crippen LogP contribution in [-0.4, -0.2) is 65.5 Å². The minimum Gasteiger partial charge on any atom is -0.480 e. The number of unbranched alkanes of at least 4 members (excludes halogenated alkanes) is 8. The van der Waals surface area contributed by atoms with E-state index in [4.69, 9.17) is 14.4 Å². The van der Waals surface area contributed by atoms with Crippen molar-refractivity contribution < 1.29 is 42.3 Å². The molecule has 0 aliphatic carbocycles. The molecule has 0 fully saturated rings. The van der Waals surface area contributed by atoms with E-state index in [9.17, 15) is 27.9 Å². The number of carbonyl (C=O) groups is 3. The number of hydrogen-bond donors (Lipinski definition) is 4. The molecule has 0 saturated heterocycles. The zero-order valence-corrected chi connectivity index (χ0v) is 21.6. The fourth-order valence-electron chi connectivity index (χ4n) is 3.35. The molecule has 0 rings (SSSR count). The third-order valence-electron chi connectivity index (χ3n) is 5.41. The van der Waals surface area contributed by atoms with Gasteiger partial charge in [0.15, 0.2) is 5.25 Å². The number of carbonyl (C=O) groups excluding carboxylic acids is 2. The lowest BCUT2D eigenvalue weighted by molar-refractivity contribution is -0.147. The second-order valence-electron chi connectivity index (χ2n) is 8.63. The summed E-state index contributed by atoms with van der Waals surface area (Å²) in [6.45, 7) is 1.96. The van der Waals surface area contributed by atoms with Crippen molar-refractivity contribution in [2.75, 3.05) is 13.2 Å². The van der Waals surface area contributed by atoms with Crippen molar-refractivity contribution >= 4 is 28.0 Å². The highest BCUT2D eigenvalue weighted by Gasteiger charge is 2.33. The molecule has 1 amide bonds. The van der Waals surface area contributed by atoms with Crippen molar-refractivity contribution in [2.24, 2.45) is 0 Å². The molecule has 0 aliphatic heterocycles. The summed E-state index contributed by atoms with van der Waals surface area (Å²) in [5.41, 5.74) is 0. The summed E-state index contributed by atoms with van der Waals surface area (Å²) >= 11 is 0. The summed E-state index contributed by atoms with van der Waals surface area (Å²) in [5, 5.41) is 18.9. The van der Waals surface area contributed by atoms with Crippen LogP contribution in [0.2, 0.25) is 0 Å². The van der Waals surface area contributed by atoms with Gasteiger partial charge in [-0.05, 0) is 32.1 Å². The van der Waals surface area contributed by atoms with Crippen molar-refractivity contribution in [1.82, 2.24) is 5.32 Å². The summed E-state index contributed by atoms with van der Waals surface area (Å²) in [6.07, 6.45) is 15.4. The molecule has 0 aromatic heterocycles. The second-order valence-corrected chi connectivity index (χ2v) is 10.2. The van der Waals surface area contributed by atoms with Gasteiger partial charge in [0.25, 0.3) is 10.1 Å². The van der Waals surface area contributed by atoms with Crippen LogP contribution in [0, 0.1) is 0 Å². The molecule has 0 aromatic rings. The lowest BCUT2D eigenvalue weighted by Gasteiger charge is -2.10. The summed E-state index contributed by atoms with van der Waals surface area (Å²) < 4.78 is 35.3. The number of esters is 1. The Morgan fingerprint density at radius 2 is 1.63 bits per heavy atom. The van der Waals surface area contributed by atoms with Gasteiger partial charge in [0, 0.05) is 6.42 Å². The largest absolute Gasteiger partial charge is 0.480 e. The van der Waals surface area contributed by atoms with Crippen molar-refractivity contribution in [3.05, 3.63) is 12.2 Å². The Hall–Kier alpha value is -1.98. The Morgan fingerprint density at radius 3 is 2.29 bits per heavy atom. The molecule has 2 atom stereocenters. The Labute approximate surface area is 209 Å². The van der Waals surface area contributed by atoms with Crippen molar-refractivity contribution in [3.63, 3.8) is 0 Å². The van der Waals surface area contributed by atoms with E-state index in [-0.39, 0.29) is 25.2 Å². The molecule has 0 bridgehead atoms. The number of hydrogen-bond acceptors (Lipinski definition) is 7. The summed E-state index contributed by atoms with van der Waals surface area (Å²) in [7, 11) is -4.92. The highest BCUT2D eigenvalue weighted by atomic mass is 32.2. The number of carboxylic acids is 1. The Kier molecular flexibility index (Phi) is 19.1. The molecule has 0 spiro atoms. The maximum atomic E-state index is 11.8. The number of rotatable bonds is 22. The van der Waals surface area contributed by atoms with Gasteiger partial charge in [-0.15, -0.1) is 0 Å². The number of nitrogens with one attached hydrogen (secondary N) is 1. The SMILES string of the molecule is CCCCCC[C@H](O)C/C=C/CCCCCCCC(=O)NCCOC(=O)C[C@@H](C(=O)O)S(=O)(=O)O. The number of aliphatic hydroxyl groups is 1. The summed E-state index contributed by atoms with van der Waals surface area (Å²) in [6, 6.07) is 0. The van der Waals surface area contributed by atoms with E-state index < -0.39 is 33.7 Å². The molecule has 4 N–H and O–H groups in total. The van der Waals surface area contributed by atoms with E-state index in [1.165, 1.54) is 19.3 Å². The maximum absolute atomic E-state index is 11.8. The van der Waals surface area contributed by atoms with Gasteiger partial charge in [-0.2, -0.15) is 8.42 Å². The normalized spacial score (nSPS) is 13.5. The molecular formula is C24H43NO9S. The van der Waals surface area contributed by atoms with E-state index >= 15 is 0 Å². The fourth-order valence-corrected chi connectivity index (χ4v) is 3.95. The number of amides is 1. The number of carboxylic acid groups (broad SMARTS) is 1. The molecule has 204 valence electrons. The van der Waals surface area contributed by atoms with Gasteiger partial charge in [-0.1, -0.05) is 64.0 Å². The minimum absolute atomic E-state index is 0.0218. The predicted molar refractivity (Wildman–Crippen MR) is 132 cm³/mol. The third-order valence-corrected chi connectivity index (χ3v) is 6.50. The zero-order valence-electron chi connectivity index (χ0n) is 20.8. The van der Waals surface area contributed by atoms with Gasteiger partial charge in [0.1, 0.15) is 6.61 Å². The molecule has 35 heavy (non-hydrogen) atoms. The highest BCUT2D eigenvalue weighted by molar-refractivity contribution is 7.87. The van der Waals surface area contributed by atoms with Crippen LogP contribution >= 0.6 is 0 Å². The average molecular weight is 522 g/mol. The fraction of sp³-hybridized carbons (Fsp3) is 0.792. The first-order valence-corrected chi connectivity index (χ1v) is 14.0. The standard InChI is InChI=1S/C24H43NO9S/c1-2-3-4-11-14-20(26)15-12-9-7-5-6-8-10-13-16-22(27)25-17-18-34-23(28)19-21(24(29)30)35(31,32)33/h9,12,20-21,26H,2-8,10-11,13-19H2,1H3,(H,25,27)(H,29,30)(H,31,32,33)/b12-9+/t20-,21-/m0/s1. The molecule has 0 saturated carbocycles. The van der Waals surface area contributed by atoms with E-state index in [1.54, 1.807) is 0 Å². The topological polar surface area (TPSA) is 167 Å². The Morgan fingerprint density at radius 1 is 0.971 bits per heavy atom. The summed E-state index contributed by atoms with van der Waals surface area (Å²) in [5.74, 6) is -3.14. The zero-order chi connectivity index (χ0) is 26.5. The molecular weight excluding hydrogens is 478 g/mol. The van der Waals surface area contributed by atoms with Gasteiger partial charge in [0.05, 0.1) is 19.1 Å². The van der Waals surface area contributed by atoms with Gasteiger partial charge in [-0.3, -0.25) is 18.9 Å². The maximum Gasteiger partial charge on any atom is 0.325 e. The van der Waals surface area contributed by atoms with Crippen molar-refractivity contribution in [3.8, 4) is 0 Å². The average Bonchev–Trinajstić information content (AvgIpc) is 2.78. The van der Waals surface area contributed by atoms with Crippen LogP contribution < -0.4 is 5.32 Å². The van der Waals surface area contributed by atoms with Gasteiger partial charge in [-0.25, -0.2) is 0 Å². The lowest BCUT2D eigenvalue weighted by atomic mass is 10.1. The van der Waals surface area contributed by atoms with E-state index in [0.717, 1.165) is 51.4 Å². The first-order valence-electron chi connectivity index (χ1n) is 12.5. The number of aliphatic carboxylic acids is 1. The smallest absolute Gasteiger partial charge is 0.325 e. The van der Waals surface area contributed by atoms with E-state index in [1.807, 2.05) is 0 Å². The summed E-state index contributed by atoms with van der Waals surface area (Å²) in [4.78, 5) is 34.1. The molecule has 0 unspecified atom stereocenters. The van der Waals surface area contributed by atoms with Crippen LogP contribution in [0.1, 0.15) is 96.8 Å². The van der Waals surface area contributed by atoms with Crippen molar-refractivity contribution in [1.29, 1.82) is 0 Å². The quantitative estimate of drug-likeness (QED) is 0.0722. The molecule has 10 nitrogen and oxygen atoms in total. The van der Waals surface area contributed by atoms with Gasteiger partial charge in [0.2, 0.25) is 5.91 Å². The molecule has 0 aliphatic rings. The van der Waals surface area contributed by atoms with Crippen LogP contribution in [0.15, 0.2) is 12.2 Å². The van der Waals surface area contributed by atoms with Crippen LogP contribution in [0.5, 0.6) is 0 Å². The molecule has 0 aromatic carbocycles. The van der Waals surface area contributed by atoms with Crippen molar-refractivity contribution in [2.45, 2.75) is 108 Å². The van der Waals surface area contributed by atoms with E-state index in [0.29, 0.717) is 12.8 Å². The van der Waals surface area contributed by atoms with Crippen LogP contribution in [0.4, 0.5) is 0 Å². The van der Waals surface area contributed by atoms with E-state index in [2.05, 4.69) is 24.4 Å². The number of ether oxygens (including phenoxy) is 1. The Bertz CT molecular complexity index is 737. The van der Waals surface area contributed by atoms with Crippen LogP contribution in [-0.2, 0) is 29.2 Å². The lowest BCUT2D eigenvalue weighted by Crippen LogP contribution is -2.33. The number of aliphatic hydroxyl groups excluding tert-OH is 1. The predicted octanol–water partition coefficient (Wildman–Crippen LogP) is 3.39. The molecule has 0 radical (unpaired) electrons. The van der Waals surface area contributed by atoms with Gasteiger partial charge < -0.3 is 20.3 Å². The Balaban J connectivity index is 3.66. The van der Waals surface area contributed by atoms with Gasteiger partial charge >= 0.3 is 11.9 Å². The third kappa shape index (κ3) is 20.0. The number of allylic oxidation sites excluding steroid dienone is 1. The first-order chi connectivity index (χ1) is 16.6.